The quantitative estimate of drug-likeness (QED) is 0.101. The van der Waals surface area contributed by atoms with Crippen LogP contribution in [0.3, 0.4) is 0 Å². The van der Waals surface area contributed by atoms with E-state index in [9.17, 15) is 19.5 Å². The molecular weight excluding hydrogens is 572 g/mol. The predicted octanol–water partition coefficient (Wildman–Crippen LogP) is 5.77. The zero-order valence-electron chi connectivity index (χ0n) is 24.8. The van der Waals surface area contributed by atoms with Crippen LogP contribution in [0.5, 0.6) is 17.2 Å². The van der Waals surface area contributed by atoms with Gasteiger partial charge in [0.15, 0.2) is 16.6 Å². The van der Waals surface area contributed by atoms with Crippen LogP contribution in [0.2, 0.25) is 0 Å². The Morgan fingerprint density at radius 3 is 2.65 bits per heavy atom. The average molecular weight is 607 g/mol. The number of rotatable bonds is 10. The molecule has 0 saturated carbocycles. The molecule has 1 saturated heterocycles. The Morgan fingerprint density at radius 1 is 1.14 bits per heavy atom. The number of esters is 1. The topological polar surface area (TPSA) is 124 Å². The number of carbonyl (C=O) groups excluding carboxylic acids is 3. The number of amides is 1. The maximum atomic E-state index is 13.7. The number of aryl methyl sites for hydroxylation is 1. The van der Waals surface area contributed by atoms with Crippen molar-refractivity contribution >= 4 is 39.9 Å². The number of Topliss-reactive ketones (excluding diaryl/α,β-unsaturated/α-hetero) is 1. The molecule has 0 bridgehead atoms. The van der Waals surface area contributed by atoms with Gasteiger partial charge in [0.2, 0.25) is 0 Å². The van der Waals surface area contributed by atoms with Crippen molar-refractivity contribution in [2.45, 2.75) is 59.1 Å². The first-order valence-electron chi connectivity index (χ1n) is 14.2. The van der Waals surface area contributed by atoms with E-state index in [2.05, 4.69) is 11.9 Å². The van der Waals surface area contributed by atoms with Crippen LogP contribution in [0.25, 0.3) is 5.76 Å². The molecule has 0 spiro atoms. The zero-order chi connectivity index (χ0) is 30.8. The van der Waals surface area contributed by atoms with Gasteiger partial charge in [-0.2, -0.15) is 0 Å². The Balaban J connectivity index is 1.68. The fourth-order valence-electron chi connectivity index (χ4n) is 5.25. The molecule has 0 radical (unpaired) electrons. The van der Waals surface area contributed by atoms with Crippen LogP contribution >= 0.6 is 11.3 Å². The summed E-state index contributed by atoms with van der Waals surface area (Å²) in [7, 11) is 1.26. The highest BCUT2D eigenvalue weighted by molar-refractivity contribution is 7.17. The molecule has 43 heavy (non-hydrogen) atoms. The number of aliphatic hydroxyl groups excluding tert-OH is 1. The molecule has 2 atom stereocenters. The Hall–Kier alpha value is -4.38. The van der Waals surface area contributed by atoms with Gasteiger partial charge in [0, 0.05) is 12.0 Å². The van der Waals surface area contributed by atoms with E-state index in [0.29, 0.717) is 48.0 Å². The van der Waals surface area contributed by atoms with E-state index >= 15 is 0 Å². The van der Waals surface area contributed by atoms with Crippen LogP contribution in [-0.4, -0.2) is 54.2 Å². The predicted molar refractivity (Wildman–Crippen MR) is 161 cm³/mol. The second-order valence-corrected chi connectivity index (χ2v) is 11.3. The van der Waals surface area contributed by atoms with Crippen molar-refractivity contribution in [3.05, 3.63) is 69.2 Å². The van der Waals surface area contributed by atoms with Crippen LogP contribution < -0.4 is 19.1 Å². The smallest absolute Gasteiger partial charge is 0.350 e. The van der Waals surface area contributed by atoms with Crippen LogP contribution in [-0.2, 0) is 20.7 Å². The third kappa shape index (κ3) is 5.69. The highest BCUT2D eigenvalue weighted by Crippen LogP contribution is 2.46. The summed E-state index contributed by atoms with van der Waals surface area (Å²) in [5.41, 5.74) is 2.03. The first-order chi connectivity index (χ1) is 20.7. The number of hydrogen-bond acceptors (Lipinski definition) is 10. The lowest BCUT2D eigenvalue weighted by atomic mass is 9.94. The van der Waals surface area contributed by atoms with E-state index in [0.717, 1.165) is 35.5 Å². The van der Waals surface area contributed by atoms with Crippen LogP contribution in [0, 0.1) is 6.92 Å². The fraction of sp³-hybridized carbons (Fsp3) is 0.375. The molecule has 1 N–H and O–H groups in total. The van der Waals surface area contributed by atoms with Gasteiger partial charge in [-0.3, -0.25) is 14.5 Å². The number of aliphatic hydroxyl groups is 1. The number of carbonyl (C=O) groups is 3. The summed E-state index contributed by atoms with van der Waals surface area (Å²) >= 11 is 0.941. The van der Waals surface area contributed by atoms with Gasteiger partial charge < -0.3 is 24.1 Å². The number of ketones is 1. The first kappa shape index (κ1) is 30.1. The number of hydrogen-bond donors (Lipinski definition) is 1. The van der Waals surface area contributed by atoms with Crippen molar-refractivity contribution in [1.29, 1.82) is 0 Å². The van der Waals surface area contributed by atoms with Crippen molar-refractivity contribution in [1.82, 2.24) is 4.98 Å². The average Bonchev–Trinajstić information content (AvgIpc) is 3.64. The van der Waals surface area contributed by atoms with Crippen LogP contribution in [0.15, 0.2) is 42.0 Å². The minimum absolute atomic E-state index is 0.00910. The molecule has 11 heteroatoms. The highest BCUT2D eigenvalue weighted by atomic mass is 32.1. The molecule has 10 nitrogen and oxygen atoms in total. The van der Waals surface area contributed by atoms with Crippen molar-refractivity contribution in [3.63, 3.8) is 0 Å². The molecule has 1 aromatic heterocycles. The number of ether oxygens (including phenoxy) is 4. The molecule has 2 aliphatic rings. The fourth-order valence-corrected chi connectivity index (χ4v) is 6.26. The largest absolute Gasteiger partial charge is 0.507 e. The summed E-state index contributed by atoms with van der Waals surface area (Å²) in [6.07, 6.45) is 2.47. The monoisotopic (exact) mass is 606 g/mol. The Bertz CT molecular complexity index is 1610. The SMILES string of the molecule is CCCCOc1ccc([C@@H]2C(=C(O)c3ccc4c(c3)C[C@H](C)O4)C(=O)C(=O)N2c2nc(C)c(C(=O)OC)s2)cc1OCC. The molecule has 2 aliphatic heterocycles. The van der Waals surface area contributed by atoms with Gasteiger partial charge in [-0.25, -0.2) is 9.78 Å². The normalized spacial score (nSPS) is 18.9. The van der Waals surface area contributed by atoms with Gasteiger partial charge in [0.05, 0.1) is 37.6 Å². The van der Waals surface area contributed by atoms with Gasteiger partial charge in [0.25, 0.3) is 5.78 Å². The summed E-state index contributed by atoms with van der Waals surface area (Å²) in [6.45, 7) is 8.36. The Kier molecular flexibility index (Phi) is 8.72. The molecule has 226 valence electrons. The maximum Gasteiger partial charge on any atom is 0.350 e. The van der Waals surface area contributed by atoms with Crippen molar-refractivity contribution < 1.29 is 38.4 Å². The third-order valence-electron chi connectivity index (χ3n) is 7.31. The number of thiazole rings is 1. The standard InChI is InChI=1S/C32H34N2O8S/c1-6-8-13-41-23-12-9-19(16-24(23)40-7-2)26-25(27(35)20-10-11-22-21(15-20)14-17(3)42-22)28(36)30(37)34(26)32-33-18(4)29(43-32)31(38)39-5/h9-12,15-17,26,35H,6-8,13-14H2,1-5H3/t17-,26+/m0/s1. The Labute approximate surface area is 253 Å². The number of nitrogens with zero attached hydrogens (tertiary/aromatic N) is 2. The van der Waals surface area contributed by atoms with Crippen molar-refractivity contribution in [2.75, 3.05) is 25.2 Å². The molecule has 1 fully saturated rings. The van der Waals surface area contributed by atoms with E-state index in [4.69, 9.17) is 18.9 Å². The number of anilines is 1. The van der Waals surface area contributed by atoms with Gasteiger partial charge in [-0.05, 0) is 68.7 Å². The summed E-state index contributed by atoms with van der Waals surface area (Å²) in [4.78, 5) is 45.7. The first-order valence-corrected chi connectivity index (χ1v) is 15.1. The Morgan fingerprint density at radius 2 is 1.93 bits per heavy atom. The van der Waals surface area contributed by atoms with Crippen LogP contribution in [0.4, 0.5) is 5.13 Å². The van der Waals surface area contributed by atoms with E-state index in [1.807, 2.05) is 13.8 Å². The zero-order valence-corrected chi connectivity index (χ0v) is 25.6. The minimum atomic E-state index is -1.07. The molecule has 0 unspecified atom stereocenters. The number of benzene rings is 2. The van der Waals surface area contributed by atoms with E-state index in [1.54, 1.807) is 43.3 Å². The third-order valence-corrected chi connectivity index (χ3v) is 8.45. The number of unbranched alkanes of at least 4 members (excludes halogenated alkanes) is 1. The molecule has 0 aliphatic carbocycles. The van der Waals surface area contributed by atoms with Crippen LogP contribution in [0.1, 0.15) is 71.7 Å². The molecule has 2 aromatic carbocycles. The van der Waals surface area contributed by atoms with Gasteiger partial charge in [0.1, 0.15) is 22.5 Å². The van der Waals surface area contributed by atoms with E-state index < -0.39 is 23.7 Å². The molecular formula is C32H34N2O8S. The highest BCUT2D eigenvalue weighted by Gasteiger charge is 2.48. The maximum absolute atomic E-state index is 13.7. The molecule has 3 aromatic rings. The van der Waals surface area contributed by atoms with Gasteiger partial charge >= 0.3 is 11.9 Å². The van der Waals surface area contributed by atoms with Crippen molar-refractivity contribution in [3.8, 4) is 17.2 Å². The second kappa shape index (κ2) is 12.5. The summed E-state index contributed by atoms with van der Waals surface area (Å²) in [5.74, 6) is -0.989. The van der Waals surface area contributed by atoms with E-state index in [-0.39, 0.29) is 27.4 Å². The lowest BCUT2D eigenvalue weighted by molar-refractivity contribution is -0.132. The molecule has 1 amide bonds. The summed E-state index contributed by atoms with van der Waals surface area (Å²) in [6, 6.07) is 9.30. The van der Waals surface area contributed by atoms with Gasteiger partial charge in [-0.15, -0.1) is 0 Å². The minimum Gasteiger partial charge on any atom is -0.507 e. The number of fused-ring (bicyclic) bond motifs is 1. The van der Waals surface area contributed by atoms with Crippen molar-refractivity contribution in [2.24, 2.45) is 0 Å². The summed E-state index contributed by atoms with van der Waals surface area (Å²) in [5, 5.41) is 11.8. The lowest BCUT2D eigenvalue weighted by Gasteiger charge is -2.24. The number of methoxy groups -OCH3 is 1. The van der Waals surface area contributed by atoms with Gasteiger partial charge in [-0.1, -0.05) is 30.7 Å². The lowest BCUT2D eigenvalue weighted by Crippen LogP contribution is -2.29. The molecule has 3 heterocycles. The second-order valence-electron chi connectivity index (χ2n) is 10.4. The molecule has 5 rings (SSSR count). The summed E-state index contributed by atoms with van der Waals surface area (Å²) < 4.78 is 22.5. The number of aromatic nitrogens is 1. The van der Waals surface area contributed by atoms with E-state index in [1.165, 1.54) is 12.0 Å².